The lowest BCUT2D eigenvalue weighted by atomic mass is 9.68. The molecule has 2 fully saturated rings. The van der Waals surface area contributed by atoms with Crippen LogP contribution in [0.5, 0.6) is 5.75 Å². The highest BCUT2D eigenvalue weighted by atomic mass is 19.2. The fraction of sp³-hybridized carbons (Fsp3) is 0.438. The minimum atomic E-state index is -1.01. The Labute approximate surface area is 212 Å². The van der Waals surface area contributed by atoms with Crippen molar-refractivity contribution in [1.82, 2.24) is 0 Å². The van der Waals surface area contributed by atoms with Crippen molar-refractivity contribution in [3.05, 3.63) is 77.6 Å². The summed E-state index contributed by atoms with van der Waals surface area (Å²) in [6.45, 7) is 2.38. The van der Waals surface area contributed by atoms with Crippen molar-refractivity contribution in [2.45, 2.75) is 64.2 Å². The minimum absolute atomic E-state index is 0.132. The lowest BCUT2D eigenvalue weighted by molar-refractivity contribution is 0.165. The Bertz CT molecular complexity index is 1190. The van der Waals surface area contributed by atoms with Gasteiger partial charge < -0.3 is 4.74 Å². The van der Waals surface area contributed by atoms with Crippen molar-refractivity contribution in [3.8, 4) is 28.0 Å². The van der Waals surface area contributed by atoms with Crippen LogP contribution < -0.4 is 4.74 Å². The largest absolute Gasteiger partial charge is 0.494 e. The number of hydrogen-bond acceptors (Lipinski definition) is 1. The van der Waals surface area contributed by atoms with E-state index in [-0.39, 0.29) is 17.1 Å². The zero-order valence-corrected chi connectivity index (χ0v) is 21.2. The molecule has 2 aliphatic rings. The predicted molar refractivity (Wildman–Crippen MR) is 140 cm³/mol. The number of hydrogen-bond donors (Lipinski definition) is 0. The quantitative estimate of drug-likeness (QED) is 0.344. The van der Waals surface area contributed by atoms with Gasteiger partial charge in [-0.2, -0.15) is 4.39 Å². The van der Waals surface area contributed by atoms with E-state index >= 15 is 4.39 Å². The molecule has 0 aromatic heterocycles. The van der Waals surface area contributed by atoms with Crippen molar-refractivity contribution in [3.63, 3.8) is 0 Å². The molecule has 2 aliphatic carbocycles. The van der Waals surface area contributed by atoms with Crippen molar-refractivity contribution in [2.75, 3.05) is 7.11 Å². The molecule has 2 saturated carbocycles. The summed E-state index contributed by atoms with van der Waals surface area (Å²) >= 11 is 0. The van der Waals surface area contributed by atoms with Gasteiger partial charge in [-0.25, -0.2) is 8.78 Å². The second-order valence-electron chi connectivity index (χ2n) is 10.9. The van der Waals surface area contributed by atoms with Gasteiger partial charge in [-0.3, -0.25) is 0 Å². The van der Waals surface area contributed by atoms with Gasteiger partial charge in [0.15, 0.2) is 11.6 Å². The average molecular weight is 493 g/mol. The standard InChI is InChI=1S/C32H35F3O/c1-20-3-5-21(6-4-20)22-7-9-23(10-8-22)26-15-16-27(29(33)19-26)24-11-13-25(14-12-24)28-17-18-30(36-2)32(35)31(28)34/h11-23H,3-10H2,1-2H3. The fourth-order valence-electron chi connectivity index (χ4n) is 6.44. The van der Waals surface area contributed by atoms with E-state index in [1.165, 1.54) is 57.8 Å². The highest BCUT2D eigenvalue weighted by Crippen LogP contribution is 2.44. The average Bonchev–Trinajstić information content (AvgIpc) is 2.91. The summed E-state index contributed by atoms with van der Waals surface area (Å²) in [5.41, 5.74) is 3.01. The van der Waals surface area contributed by atoms with E-state index in [9.17, 15) is 8.78 Å². The smallest absolute Gasteiger partial charge is 0.201 e. The Balaban J connectivity index is 1.26. The number of benzene rings is 3. The second-order valence-corrected chi connectivity index (χ2v) is 10.9. The third kappa shape index (κ3) is 5.05. The van der Waals surface area contributed by atoms with Gasteiger partial charge in [0.1, 0.15) is 5.82 Å². The van der Waals surface area contributed by atoms with Crippen LogP contribution in [0, 0.1) is 35.2 Å². The predicted octanol–water partition coefficient (Wildman–Crippen LogP) is 9.55. The second kappa shape index (κ2) is 10.7. The summed E-state index contributed by atoms with van der Waals surface area (Å²) in [4.78, 5) is 0. The summed E-state index contributed by atoms with van der Waals surface area (Å²) in [5, 5.41) is 0. The number of methoxy groups -OCH3 is 1. The van der Waals surface area contributed by atoms with Gasteiger partial charge >= 0.3 is 0 Å². The summed E-state index contributed by atoms with van der Waals surface area (Å²) in [5.74, 6) is 0.739. The summed E-state index contributed by atoms with van der Waals surface area (Å²) < 4.78 is 48.6. The molecule has 0 heterocycles. The first kappa shape index (κ1) is 24.9. The molecule has 5 rings (SSSR count). The van der Waals surface area contributed by atoms with Crippen LogP contribution in [0.25, 0.3) is 22.3 Å². The first-order valence-electron chi connectivity index (χ1n) is 13.4. The van der Waals surface area contributed by atoms with Gasteiger partial charge in [0.2, 0.25) is 5.82 Å². The molecular formula is C32H35F3O. The third-order valence-electron chi connectivity index (χ3n) is 8.74. The SMILES string of the molecule is COc1ccc(-c2ccc(-c3ccc(C4CCC(C5CCC(C)CC5)CC4)cc3F)cc2)c(F)c1F. The van der Waals surface area contributed by atoms with Crippen LogP contribution in [0.4, 0.5) is 13.2 Å². The third-order valence-corrected chi connectivity index (χ3v) is 8.74. The van der Waals surface area contributed by atoms with E-state index < -0.39 is 11.6 Å². The highest BCUT2D eigenvalue weighted by molar-refractivity contribution is 5.71. The van der Waals surface area contributed by atoms with Crippen LogP contribution in [0.3, 0.4) is 0 Å². The number of ether oxygens (including phenoxy) is 1. The molecule has 0 bridgehead atoms. The van der Waals surface area contributed by atoms with E-state index in [0.29, 0.717) is 22.6 Å². The van der Waals surface area contributed by atoms with E-state index in [1.807, 2.05) is 6.07 Å². The molecule has 0 amide bonds. The Morgan fingerprint density at radius 2 is 1.19 bits per heavy atom. The highest BCUT2D eigenvalue weighted by Gasteiger charge is 2.30. The van der Waals surface area contributed by atoms with Gasteiger partial charge in [0, 0.05) is 11.1 Å². The van der Waals surface area contributed by atoms with Crippen molar-refractivity contribution >= 4 is 0 Å². The van der Waals surface area contributed by atoms with Crippen molar-refractivity contribution in [1.29, 1.82) is 0 Å². The summed E-state index contributed by atoms with van der Waals surface area (Å²) in [6, 6.07) is 15.4. The van der Waals surface area contributed by atoms with Crippen LogP contribution in [0.2, 0.25) is 0 Å². The maximum absolute atomic E-state index is 15.2. The van der Waals surface area contributed by atoms with Crippen molar-refractivity contribution < 1.29 is 17.9 Å². The topological polar surface area (TPSA) is 9.23 Å². The van der Waals surface area contributed by atoms with Crippen LogP contribution in [-0.4, -0.2) is 7.11 Å². The fourth-order valence-corrected chi connectivity index (χ4v) is 6.44. The molecular weight excluding hydrogens is 457 g/mol. The van der Waals surface area contributed by atoms with Gasteiger partial charge in [-0.15, -0.1) is 0 Å². The van der Waals surface area contributed by atoms with Gasteiger partial charge in [0.25, 0.3) is 0 Å². The maximum Gasteiger partial charge on any atom is 0.201 e. The molecule has 0 saturated heterocycles. The van der Waals surface area contributed by atoms with Crippen LogP contribution >= 0.6 is 0 Å². The molecule has 0 N–H and O–H groups in total. The molecule has 190 valence electrons. The zero-order chi connectivity index (χ0) is 25.2. The van der Waals surface area contributed by atoms with Gasteiger partial charge in [-0.1, -0.05) is 56.2 Å². The first-order valence-corrected chi connectivity index (χ1v) is 13.4. The van der Waals surface area contributed by atoms with E-state index in [2.05, 4.69) is 13.0 Å². The van der Waals surface area contributed by atoms with E-state index in [0.717, 1.165) is 36.2 Å². The first-order chi connectivity index (χ1) is 17.4. The molecule has 1 nitrogen and oxygen atoms in total. The molecule has 0 aliphatic heterocycles. The monoisotopic (exact) mass is 492 g/mol. The molecule has 4 heteroatoms. The van der Waals surface area contributed by atoms with Gasteiger partial charge in [0.05, 0.1) is 7.11 Å². The molecule has 36 heavy (non-hydrogen) atoms. The zero-order valence-electron chi connectivity index (χ0n) is 21.2. The normalized spacial score (nSPS) is 24.5. The Morgan fingerprint density at radius 3 is 1.78 bits per heavy atom. The van der Waals surface area contributed by atoms with Crippen LogP contribution in [-0.2, 0) is 0 Å². The molecule has 0 spiro atoms. The Morgan fingerprint density at radius 1 is 0.639 bits per heavy atom. The lowest BCUT2D eigenvalue weighted by Gasteiger charge is -2.37. The lowest BCUT2D eigenvalue weighted by Crippen LogP contribution is -2.24. The number of halogens is 3. The summed E-state index contributed by atoms with van der Waals surface area (Å²) in [6.07, 6.45) is 10.3. The molecule has 0 unspecified atom stereocenters. The van der Waals surface area contributed by atoms with Crippen molar-refractivity contribution in [2.24, 2.45) is 17.8 Å². The van der Waals surface area contributed by atoms with Crippen LogP contribution in [0.15, 0.2) is 54.6 Å². The Hall–Kier alpha value is -2.75. The van der Waals surface area contributed by atoms with E-state index in [4.69, 9.17) is 4.74 Å². The van der Waals surface area contributed by atoms with Crippen LogP contribution in [0.1, 0.15) is 69.8 Å². The molecule has 3 aromatic carbocycles. The van der Waals surface area contributed by atoms with Gasteiger partial charge in [-0.05, 0) is 97.1 Å². The Kier molecular flexibility index (Phi) is 7.41. The molecule has 0 atom stereocenters. The molecule has 3 aromatic rings. The number of rotatable bonds is 5. The maximum atomic E-state index is 15.2. The van der Waals surface area contributed by atoms with E-state index in [1.54, 1.807) is 30.3 Å². The molecule has 0 radical (unpaired) electrons. The minimum Gasteiger partial charge on any atom is -0.494 e. The summed E-state index contributed by atoms with van der Waals surface area (Å²) in [7, 11) is 1.30.